The first-order valence-electron chi connectivity index (χ1n) is 5.96. The molecule has 5 heteroatoms. The molecule has 0 aromatic heterocycles. The van der Waals surface area contributed by atoms with Gasteiger partial charge in [-0.1, -0.05) is 29.3 Å². The van der Waals surface area contributed by atoms with Gasteiger partial charge in [0.05, 0.1) is 6.54 Å². The average molecular weight is 287 g/mol. The summed E-state index contributed by atoms with van der Waals surface area (Å²) in [6.45, 7) is 1.02. The van der Waals surface area contributed by atoms with E-state index in [4.69, 9.17) is 23.2 Å². The lowest BCUT2D eigenvalue weighted by Gasteiger charge is -2.17. The van der Waals surface area contributed by atoms with E-state index in [2.05, 4.69) is 5.32 Å². The summed E-state index contributed by atoms with van der Waals surface area (Å²) < 4.78 is 0. The molecular weight excluding hydrogens is 271 g/mol. The molecular formula is C13H16Cl2N2O. The number of nitrogens with one attached hydrogen (secondary N) is 1. The van der Waals surface area contributed by atoms with Gasteiger partial charge < -0.3 is 5.32 Å². The Morgan fingerprint density at radius 3 is 2.78 bits per heavy atom. The fourth-order valence-corrected chi connectivity index (χ4v) is 2.21. The van der Waals surface area contributed by atoms with Gasteiger partial charge in [-0.15, -0.1) is 0 Å². The minimum absolute atomic E-state index is 0.0742. The third-order valence-electron chi connectivity index (χ3n) is 2.81. The van der Waals surface area contributed by atoms with Crippen LogP contribution in [0.25, 0.3) is 0 Å². The molecule has 0 unspecified atom stereocenters. The molecule has 0 radical (unpaired) electrons. The molecule has 1 aliphatic rings. The SMILES string of the molecule is CN(CC(=O)NC1CC1)Cc1ccc(Cl)cc1Cl. The Hall–Kier alpha value is -0.770. The van der Waals surface area contributed by atoms with Gasteiger partial charge in [0.15, 0.2) is 0 Å². The summed E-state index contributed by atoms with van der Waals surface area (Å²) in [7, 11) is 1.90. The van der Waals surface area contributed by atoms with Crippen LogP contribution in [0.4, 0.5) is 0 Å². The summed E-state index contributed by atoms with van der Waals surface area (Å²) in [4.78, 5) is 13.6. The van der Waals surface area contributed by atoms with Crippen LogP contribution in [-0.2, 0) is 11.3 Å². The normalized spacial score (nSPS) is 14.9. The molecule has 1 aliphatic carbocycles. The number of nitrogens with zero attached hydrogens (tertiary/aromatic N) is 1. The van der Waals surface area contributed by atoms with Crippen molar-refractivity contribution in [3.8, 4) is 0 Å². The molecule has 1 aromatic carbocycles. The predicted octanol–water partition coefficient (Wildman–Crippen LogP) is 2.70. The van der Waals surface area contributed by atoms with Gasteiger partial charge in [0.2, 0.25) is 5.91 Å². The first-order chi connectivity index (χ1) is 8.54. The standard InChI is InChI=1S/C13H16Cl2N2O/c1-17(8-13(18)16-11-4-5-11)7-9-2-3-10(14)6-12(9)15/h2-3,6,11H,4-5,7-8H2,1H3,(H,16,18). The maximum Gasteiger partial charge on any atom is 0.234 e. The first-order valence-corrected chi connectivity index (χ1v) is 6.72. The minimum Gasteiger partial charge on any atom is -0.352 e. The zero-order valence-corrected chi connectivity index (χ0v) is 11.8. The summed E-state index contributed by atoms with van der Waals surface area (Å²) in [6, 6.07) is 5.82. The number of rotatable bonds is 5. The fraction of sp³-hybridized carbons (Fsp3) is 0.462. The topological polar surface area (TPSA) is 32.3 Å². The predicted molar refractivity (Wildman–Crippen MR) is 74.0 cm³/mol. The number of hydrogen-bond acceptors (Lipinski definition) is 2. The fourth-order valence-electron chi connectivity index (χ4n) is 1.74. The van der Waals surface area contributed by atoms with Crippen LogP contribution in [0.15, 0.2) is 18.2 Å². The summed E-state index contributed by atoms with van der Waals surface area (Å²) in [5.74, 6) is 0.0742. The van der Waals surface area contributed by atoms with E-state index in [-0.39, 0.29) is 5.91 Å². The smallest absolute Gasteiger partial charge is 0.234 e. The average Bonchev–Trinajstić information content (AvgIpc) is 3.05. The second-order valence-corrected chi connectivity index (χ2v) is 5.59. The van der Waals surface area contributed by atoms with Gasteiger partial charge in [-0.05, 0) is 37.6 Å². The van der Waals surface area contributed by atoms with Crippen LogP contribution in [0.3, 0.4) is 0 Å². The van der Waals surface area contributed by atoms with Crippen LogP contribution < -0.4 is 5.32 Å². The van der Waals surface area contributed by atoms with Gasteiger partial charge in [-0.25, -0.2) is 0 Å². The Labute approximate surface area is 117 Å². The number of amides is 1. The molecule has 1 fully saturated rings. The van der Waals surface area contributed by atoms with E-state index in [1.165, 1.54) is 0 Å². The second-order valence-electron chi connectivity index (χ2n) is 4.75. The van der Waals surface area contributed by atoms with Gasteiger partial charge in [0.1, 0.15) is 0 Å². The van der Waals surface area contributed by atoms with Gasteiger partial charge >= 0.3 is 0 Å². The van der Waals surface area contributed by atoms with Crippen molar-refractivity contribution in [2.45, 2.75) is 25.4 Å². The number of hydrogen-bond donors (Lipinski definition) is 1. The quantitative estimate of drug-likeness (QED) is 0.903. The van der Waals surface area contributed by atoms with Gasteiger partial charge in [-0.3, -0.25) is 9.69 Å². The van der Waals surface area contributed by atoms with Crippen molar-refractivity contribution in [1.29, 1.82) is 0 Å². The summed E-state index contributed by atoms with van der Waals surface area (Å²) >= 11 is 11.9. The van der Waals surface area contributed by atoms with Crippen LogP contribution in [-0.4, -0.2) is 30.4 Å². The number of carbonyl (C=O) groups is 1. The van der Waals surface area contributed by atoms with Gasteiger partial charge in [0, 0.05) is 22.6 Å². The molecule has 0 saturated heterocycles. The Morgan fingerprint density at radius 1 is 1.44 bits per heavy atom. The van der Waals surface area contributed by atoms with Gasteiger partial charge in [0.25, 0.3) is 0 Å². The molecule has 18 heavy (non-hydrogen) atoms. The monoisotopic (exact) mass is 286 g/mol. The highest BCUT2D eigenvalue weighted by Gasteiger charge is 2.23. The van der Waals surface area contributed by atoms with E-state index < -0.39 is 0 Å². The summed E-state index contributed by atoms with van der Waals surface area (Å²) in [5, 5.41) is 4.22. The zero-order valence-electron chi connectivity index (χ0n) is 10.2. The van der Waals surface area contributed by atoms with Crippen LogP contribution in [0, 0.1) is 0 Å². The molecule has 0 bridgehead atoms. The number of likely N-dealkylation sites (N-methyl/N-ethyl adjacent to an activating group) is 1. The second kappa shape index (κ2) is 5.91. The lowest BCUT2D eigenvalue weighted by molar-refractivity contribution is -0.122. The van der Waals surface area contributed by atoms with E-state index in [0.717, 1.165) is 18.4 Å². The molecule has 0 spiro atoms. The summed E-state index contributed by atoms with van der Waals surface area (Å²) in [6.07, 6.45) is 2.22. The third-order valence-corrected chi connectivity index (χ3v) is 3.40. The van der Waals surface area contributed by atoms with Crippen LogP contribution >= 0.6 is 23.2 Å². The van der Waals surface area contributed by atoms with Crippen molar-refractivity contribution in [3.63, 3.8) is 0 Å². The van der Waals surface area contributed by atoms with E-state index in [1.807, 2.05) is 18.0 Å². The largest absolute Gasteiger partial charge is 0.352 e. The number of halogens is 2. The number of carbonyl (C=O) groups excluding carboxylic acids is 1. The molecule has 0 heterocycles. The van der Waals surface area contributed by atoms with Crippen LogP contribution in [0.5, 0.6) is 0 Å². The molecule has 0 aliphatic heterocycles. The van der Waals surface area contributed by atoms with E-state index in [0.29, 0.717) is 29.2 Å². The highest BCUT2D eigenvalue weighted by molar-refractivity contribution is 6.35. The molecule has 0 atom stereocenters. The molecule has 1 N–H and O–H groups in total. The van der Waals surface area contributed by atoms with Crippen LogP contribution in [0.1, 0.15) is 18.4 Å². The molecule has 98 valence electrons. The van der Waals surface area contributed by atoms with E-state index in [9.17, 15) is 4.79 Å². The molecule has 1 saturated carbocycles. The number of benzene rings is 1. The van der Waals surface area contributed by atoms with Crippen molar-refractivity contribution in [2.75, 3.05) is 13.6 Å². The van der Waals surface area contributed by atoms with Crippen molar-refractivity contribution >= 4 is 29.1 Å². The Balaban J connectivity index is 1.85. The highest BCUT2D eigenvalue weighted by atomic mass is 35.5. The van der Waals surface area contributed by atoms with E-state index in [1.54, 1.807) is 12.1 Å². The lowest BCUT2D eigenvalue weighted by atomic mass is 10.2. The lowest BCUT2D eigenvalue weighted by Crippen LogP contribution is -2.35. The molecule has 1 amide bonds. The molecule has 3 nitrogen and oxygen atoms in total. The van der Waals surface area contributed by atoms with Crippen molar-refractivity contribution in [1.82, 2.24) is 10.2 Å². The summed E-state index contributed by atoms with van der Waals surface area (Å²) in [5.41, 5.74) is 0.975. The third kappa shape index (κ3) is 4.16. The Morgan fingerprint density at radius 2 is 2.17 bits per heavy atom. The van der Waals surface area contributed by atoms with Gasteiger partial charge in [-0.2, -0.15) is 0 Å². The Bertz CT molecular complexity index is 447. The first kappa shape index (κ1) is 13.7. The van der Waals surface area contributed by atoms with Crippen molar-refractivity contribution in [3.05, 3.63) is 33.8 Å². The van der Waals surface area contributed by atoms with Crippen molar-refractivity contribution in [2.24, 2.45) is 0 Å². The Kier molecular flexibility index (Phi) is 4.49. The van der Waals surface area contributed by atoms with E-state index >= 15 is 0 Å². The van der Waals surface area contributed by atoms with Crippen LogP contribution in [0.2, 0.25) is 10.0 Å². The maximum absolute atomic E-state index is 11.6. The maximum atomic E-state index is 11.6. The highest BCUT2D eigenvalue weighted by Crippen LogP contribution is 2.22. The zero-order chi connectivity index (χ0) is 13.1. The van der Waals surface area contributed by atoms with Crippen molar-refractivity contribution < 1.29 is 4.79 Å². The minimum atomic E-state index is 0.0742. The molecule has 2 rings (SSSR count). The molecule has 1 aromatic rings.